The Hall–Kier alpha value is -0.980. The second kappa shape index (κ2) is 2.81. The molecule has 1 aliphatic rings. The lowest BCUT2D eigenvalue weighted by Gasteiger charge is -2.04. The third kappa shape index (κ3) is 1.01. The summed E-state index contributed by atoms with van der Waals surface area (Å²) < 4.78 is 0. The summed E-state index contributed by atoms with van der Waals surface area (Å²) in [6.07, 6.45) is 8.00. The molecule has 1 aliphatic carbocycles. The van der Waals surface area contributed by atoms with Crippen molar-refractivity contribution in [1.82, 2.24) is 4.98 Å². The number of aryl methyl sites for hydroxylation is 1. The van der Waals surface area contributed by atoms with E-state index in [0.717, 1.165) is 6.42 Å². The minimum absolute atomic E-state index is 1.12. The predicted octanol–water partition coefficient (Wildman–Crippen LogP) is 2.84. The number of rotatable bonds is 1. The molecule has 0 fully saturated rings. The normalized spacial score (nSPS) is 14.8. The maximum atomic E-state index is 3.46. The molecular weight excluding hydrogens is 146 g/mol. The van der Waals surface area contributed by atoms with Crippen LogP contribution in [0.5, 0.6) is 0 Å². The van der Waals surface area contributed by atoms with Crippen molar-refractivity contribution in [3.05, 3.63) is 28.6 Å². The molecule has 1 heterocycles. The van der Waals surface area contributed by atoms with Gasteiger partial charge in [-0.15, -0.1) is 0 Å². The summed E-state index contributed by atoms with van der Waals surface area (Å²) in [6.45, 7) is 4.43. The van der Waals surface area contributed by atoms with E-state index in [2.05, 4.69) is 31.0 Å². The average molecular weight is 161 g/mol. The number of nitrogens with one attached hydrogen (secondary N) is 1. The van der Waals surface area contributed by atoms with Crippen molar-refractivity contribution in [2.24, 2.45) is 0 Å². The third-order valence-corrected chi connectivity index (χ3v) is 2.72. The first-order valence-electron chi connectivity index (χ1n) is 4.69. The molecule has 0 spiro atoms. The summed E-state index contributed by atoms with van der Waals surface area (Å²) in [5.41, 5.74) is 5.77. The highest BCUT2D eigenvalue weighted by molar-refractivity contribution is 5.56. The van der Waals surface area contributed by atoms with Gasteiger partial charge >= 0.3 is 0 Å². The average Bonchev–Trinajstić information content (AvgIpc) is 2.44. The van der Waals surface area contributed by atoms with Crippen molar-refractivity contribution >= 4 is 6.08 Å². The first-order chi connectivity index (χ1) is 5.83. The van der Waals surface area contributed by atoms with Gasteiger partial charge in [-0.1, -0.05) is 13.0 Å². The van der Waals surface area contributed by atoms with Gasteiger partial charge in [-0.3, -0.25) is 0 Å². The van der Waals surface area contributed by atoms with Crippen LogP contribution in [-0.4, -0.2) is 4.98 Å². The Morgan fingerprint density at radius 1 is 1.50 bits per heavy atom. The van der Waals surface area contributed by atoms with E-state index in [1.54, 1.807) is 0 Å². The molecule has 0 saturated heterocycles. The van der Waals surface area contributed by atoms with Crippen molar-refractivity contribution in [3.63, 3.8) is 0 Å². The van der Waals surface area contributed by atoms with Gasteiger partial charge in [0.05, 0.1) is 0 Å². The highest BCUT2D eigenvalue weighted by Gasteiger charge is 2.12. The van der Waals surface area contributed by atoms with Gasteiger partial charge in [0, 0.05) is 11.4 Å². The molecule has 64 valence electrons. The number of aromatic amines is 1. The van der Waals surface area contributed by atoms with Crippen LogP contribution in [0.15, 0.2) is 6.08 Å². The molecule has 0 aromatic carbocycles. The largest absolute Gasteiger partial charge is 0.358 e. The molecule has 1 aromatic rings. The second-order valence-corrected chi connectivity index (χ2v) is 3.42. The molecule has 1 heteroatoms. The van der Waals surface area contributed by atoms with E-state index >= 15 is 0 Å². The SMILES string of the molecule is CCc1[nH]c2c(c1C)CCC=C2. The van der Waals surface area contributed by atoms with Crippen LogP contribution in [0.25, 0.3) is 6.08 Å². The zero-order valence-corrected chi connectivity index (χ0v) is 7.78. The van der Waals surface area contributed by atoms with Crippen LogP contribution in [0.2, 0.25) is 0 Å². The van der Waals surface area contributed by atoms with Crippen LogP contribution < -0.4 is 0 Å². The fourth-order valence-corrected chi connectivity index (χ4v) is 1.96. The van der Waals surface area contributed by atoms with Crippen LogP contribution >= 0.6 is 0 Å². The Kier molecular flexibility index (Phi) is 1.80. The van der Waals surface area contributed by atoms with Gasteiger partial charge < -0.3 is 4.98 Å². The van der Waals surface area contributed by atoms with E-state index in [9.17, 15) is 0 Å². The molecule has 0 atom stereocenters. The van der Waals surface area contributed by atoms with E-state index in [1.165, 1.54) is 35.4 Å². The molecule has 2 rings (SSSR count). The van der Waals surface area contributed by atoms with Gasteiger partial charge in [-0.2, -0.15) is 0 Å². The number of hydrogen-bond donors (Lipinski definition) is 1. The Morgan fingerprint density at radius 3 is 3.00 bits per heavy atom. The van der Waals surface area contributed by atoms with Crippen LogP contribution in [0.1, 0.15) is 35.9 Å². The summed E-state index contributed by atoms with van der Waals surface area (Å²) in [5, 5.41) is 0. The Morgan fingerprint density at radius 2 is 2.33 bits per heavy atom. The van der Waals surface area contributed by atoms with E-state index in [-0.39, 0.29) is 0 Å². The zero-order chi connectivity index (χ0) is 8.55. The second-order valence-electron chi connectivity index (χ2n) is 3.42. The molecule has 0 saturated carbocycles. The van der Waals surface area contributed by atoms with Gasteiger partial charge in [0.1, 0.15) is 0 Å². The monoisotopic (exact) mass is 161 g/mol. The number of fused-ring (bicyclic) bond motifs is 1. The molecule has 1 aromatic heterocycles. The highest BCUT2D eigenvalue weighted by atomic mass is 14.7. The maximum absolute atomic E-state index is 3.46. The Bertz CT molecular complexity index is 318. The summed E-state index contributed by atoms with van der Waals surface area (Å²) in [7, 11) is 0. The van der Waals surface area contributed by atoms with E-state index in [0.29, 0.717) is 0 Å². The van der Waals surface area contributed by atoms with Crippen LogP contribution in [0.4, 0.5) is 0 Å². The molecule has 0 unspecified atom stereocenters. The van der Waals surface area contributed by atoms with E-state index in [1.807, 2.05) is 0 Å². The lowest BCUT2D eigenvalue weighted by molar-refractivity contribution is 0.975. The summed E-state index contributed by atoms with van der Waals surface area (Å²) in [5.74, 6) is 0. The minimum Gasteiger partial charge on any atom is -0.358 e. The van der Waals surface area contributed by atoms with Crippen molar-refractivity contribution in [2.75, 3.05) is 0 Å². The summed E-state index contributed by atoms with van der Waals surface area (Å²) in [6, 6.07) is 0. The quantitative estimate of drug-likeness (QED) is 0.652. The molecule has 0 radical (unpaired) electrons. The van der Waals surface area contributed by atoms with Gasteiger partial charge in [0.2, 0.25) is 0 Å². The topological polar surface area (TPSA) is 15.8 Å². The third-order valence-electron chi connectivity index (χ3n) is 2.72. The fourth-order valence-electron chi connectivity index (χ4n) is 1.96. The molecule has 1 nitrogen and oxygen atoms in total. The first-order valence-corrected chi connectivity index (χ1v) is 4.69. The Labute approximate surface area is 73.5 Å². The molecule has 0 aliphatic heterocycles. The lowest BCUT2D eigenvalue weighted by atomic mass is 10.00. The number of aromatic nitrogens is 1. The lowest BCUT2D eigenvalue weighted by Crippen LogP contribution is -1.91. The molecule has 1 N–H and O–H groups in total. The van der Waals surface area contributed by atoms with Gasteiger partial charge in [-0.25, -0.2) is 0 Å². The maximum Gasteiger partial charge on any atom is 0.0414 e. The van der Waals surface area contributed by atoms with Gasteiger partial charge in [0.15, 0.2) is 0 Å². The smallest absolute Gasteiger partial charge is 0.0414 e. The predicted molar refractivity (Wildman–Crippen MR) is 52.3 cm³/mol. The van der Waals surface area contributed by atoms with Crippen LogP contribution in [0.3, 0.4) is 0 Å². The fraction of sp³-hybridized carbons (Fsp3) is 0.455. The molecular formula is C11H15N. The van der Waals surface area contributed by atoms with Crippen molar-refractivity contribution < 1.29 is 0 Å². The van der Waals surface area contributed by atoms with Gasteiger partial charge in [0.25, 0.3) is 0 Å². The van der Waals surface area contributed by atoms with Crippen LogP contribution in [0, 0.1) is 6.92 Å². The summed E-state index contributed by atoms with van der Waals surface area (Å²) in [4.78, 5) is 3.46. The van der Waals surface area contributed by atoms with E-state index < -0.39 is 0 Å². The minimum atomic E-state index is 1.12. The van der Waals surface area contributed by atoms with Crippen molar-refractivity contribution in [3.8, 4) is 0 Å². The first kappa shape index (κ1) is 7.66. The number of hydrogen-bond acceptors (Lipinski definition) is 0. The molecule has 0 amide bonds. The standard InChI is InChI=1S/C11H15N/c1-3-10-8(2)9-6-4-5-7-11(9)12-10/h5,7,12H,3-4,6H2,1-2H3. The molecule has 0 bridgehead atoms. The van der Waals surface area contributed by atoms with Crippen molar-refractivity contribution in [2.45, 2.75) is 33.1 Å². The highest BCUT2D eigenvalue weighted by Crippen LogP contribution is 2.24. The van der Waals surface area contributed by atoms with Gasteiger partial charge in [-0.05, 0) is 43.4 Å². The van der Waals surface area contributed by atoms with Crippen LogP contribution in [-0.2, 0) is 12.8 Å². The van der Waals surface area contributed by atoms with E-state index in [4.69, 9.17) is 0 Å². The molecule has 12 heavy (non-hydrogen) atoms. The zero-order valence-electron chi connectivity index (χ0n) is 7.78. The summed E-state index contributed by atoms with van der Waals surface area (Å²) >= 11 is 0. The number of H-pyrrole nitrogens is 1. The Balaban J connectivity index is 2.53. The number of allylic oxidation sites excluding steroid dienone is 1. The van der Waals surface area contributed by atoms with Crippen molar-refractivity contribution in [1.29, 1.82) is 0 Å².